The van der Waals surface area contributed by atoms with Crippen LogP contribution in [0.5, 0.6) is 0 Å². The third-order valence-electron chi connectivity index (χ3n) is 3.34. The second-order valence-corrected chi connectivity index (χ2v) is 4.52. The van der Waals surface area contributed by atoms with Crippen LogP contribution in [0.15, 0.2) is 18.2 Å². The molecule has 1 aromatic rings. The van der Waals surface area contributed by atoms with Crippen molar-refractivity contribution in [3.8, 4) is 0 Å². The number of methoxy groups -OCH3 is 1. The number of carbonyl (C=O) groups is 1. The molecule has 18 heavy (non-hydrogen) atoms. The summed E-state index contributed by atoms with van der Waals surface area (Å²) in [6.07, 6.45) is 2.37. The molecule has 1 heterocycles. The molecule has 0 aliphatic carbocycles. The Labute approximate surface area is 106 Å². The standard InChI is InChI=1S/C13H18N2O3/c1-18-10-3-2-6-15(8-10)9-4-5-11(13(16)17)12(14)7-9/h4-5,7,10H,2-3,6,8,14H2,1H3,(H,16,17). The third-order valence-corrected chi connectivity index (χ3v) is 3.34. The van der Waals surface area contributed by atoms with Gasteiger partial charge in [0.1, 0.15) is 0 Å². The van der Waals surface area contributed by atoms with Crippen molar-refractivity contribution >= 4 is 17.3 Å². The number of carboxylic acid groups (broad SMARTS) is 1. The molecule has 1 unspecified atom stereocenters. The van der Waals surface area contributed by atoms with Gasteiger partial charge in [-0.1, -0.05) is 0 Å². The molecule has 1 fully saturated rings. The van der Waals surface area contributed by atoms with Gasteiger partial charge in [0.15, 0.2) is 0 Å². The molecule has 1 aliphatic heterocycles. The highest BCUT2D eigenvalue weighted by atomic mass is 16.5. The summed E-state index contributed by atoms with van der Waals surface area (Å²) in [5.41, 5.74) is 7.17. The lowest BCUT2D eigenvalue weighted by Gasteiger charge is -2.33. The van der Waals surface area contributed by atoms with Crippen LogP contribution >= 0.6 is 0 Å². The van der Waals surface area contributed by atoms with Gasteiger partial charge in [-0.05, 0) is 31.0 Å². The molecule has 1 aromatic carbocycles. The molecular formula is C13H18N2O3. The molecule has 0 aromatic heterocycles. The number of nitrogens with two attached hydrogens (primary N) is 1. The maximum atomic E-state index is 10.9. The van der Waals surface area contributed by atoms with Crippen LogP contribution in [0.1, 0.15) is 23.2 Å². The maximum absolute atomic E-state index is 10.9. The predicted molar refractivity (Wildman–Crippen MR) is 70.1 cm³/mol. The highest BCUT2D eigenvalue weighted by Gasteiger charge is 2.20. The van der Waals surface area contributed by atoms with E-state index < -0.39 is 5.97 Å². The van der Waals surface area contributed by atoms with Gasteiger partial charge in [-0.25, -0.2) is 4.79 Å². The number of hydrogen-bond acceptors (Lipinski definition) is 4. The average Bonchev–Trinajstić information content (AvgIpc) is 2.38. The van der Waals surface area contributed by atoms with E-state index in [9.17, 15) is 4.79 Å². The zero-order chi connectivity index (χ0) is 13.1. The number of aromatic carboxylic acids is 1. The van der Waals surface area contributed by atoms with Crippen molar-refractivity contribution in [2.75, 3.05) is 30.8 Å². The van der Waals surface area contributed by atoms with Crippen molar-refractivity contribution in [1.29, 1.82) is 0 Å². The SMILES string of the molecule is COC1CCCN(c2ccc(C(=O)O)c(N)c2)C1. The van der Waals surface area contributed by atoms with Crippen molar-refractivity contribution in [3.63, 3.8) is 0 Å². The van der Waals surface area contributed by atoms with Crippen molar-refractivity contribution in [1.82, 2.24) is 0 Å². The summed E-state index contributed by atoms with van der Waals surface area (Å²) in [7, 11) is 1.72. The van der Waals surface area contributed by atoms with Crippen molar-refractivity contribution in [2.24, 2.45) is 0 Å². The molecule has 1 atom stereocenters. The summed E-state index contributed by atoms with van der Waals surface area (Å²) in [6, 6.07) is 5.09. The molecule has 2 rings (SSSR count). The normalized spacial score (nSPS) is 19.8. The monoisotopic (exact) mass is 250 g/mol. The average molecular weight is 250 g/mol. The largest absolute Gasteiger partial charge is 0.478 e. The highest BCUT2D eigenvalue weighted by molar-refractivity contribution is 5.94. The molecular weight excluding hydrogens is 232 g/mol. The van der Waals surface area contributed by atoms with Crippen LogP contribution in [0.3, 0.4) is 0 Å². The molecule has 3 N–H and O–H groups in total. The molecule has 0 radical (unpaired) electrons. The summed E-state index contributed by atoms with van der Waals surface area (Å²) < 4.78 is 5.37. The smallest absolute Gasteiger partial charge is 0.337 e. The number of piperidine rings is 1. The number of benzene rings is 1. The summed E-state index contributed by atoms with van der Waals surface area (Å²) >= 11 is 0. The first kappa shape index (κ1) is 12.7. The zero-order valence-electron chi connectivity index (χ0n) is 10.4. The number of nitrogen functional groups attached to an aromatic ring is 1. The van der Waals surface area contributed by atoms with Crippen LogP contribution in [-0.4, -0.2) is 37.4 Å². The lowest BCUT2D eigenvalue weighted by Crippen LogP contribution is -2.39. The van der Waals surface area contributed by atoms with Gasteiger partial charge < -0.3 is 20.5 Å². The van der Waals surface area contributed by atoms with Gasteiger partial charge in [0.2, 0.25) is 0 Å². The summed E-state index contributed by atoms with van der Waals surface area (Å²) in [6.45, 7) is 1.77. The van der Waals surface area contributed by atoms with Crippen LogP contribution in [-0.2, 0) is 4.74 Å². The van der Waals surface area contributed by atoms with Gasteiger partial charge in [-0.2, -0.15) is 0 Å². The summed E-state index contributed by atoms with van der Waals surface area (Å²) in [5.74, 6) is -0.993. The summed E-state index contributed by atoms with van der Waals surface area (Å²) in [4.78, 5) is 13.1. The van der Waals surface area contributed by atoms with Gasteiger partial charge in [-0.15, -0.1) is 0 Å². The van der Waals surface area contributed by atoms with Crippen LogP contribution in [0, 0.1) is 0 Å². The number of anilines is 2. The van der Waals surface area contributed by atoms with E-state index in [1.807, 2.05) is 0 Å². The topological polar surface area (TPSA) is 75.8 Å². The molecule has 98 valence electrons. The van der Waals surface area contributed by atoms with Crippen molar-refractivity contribution < 1.29 is 14.6 Å². The van der Waals surface area contributed by atoms with Crippen molar-refractivity contribution in [2.45, 2.75) is 18.9 Å². The Bertz CT molecular complexity index is 448. The fourth-order valence-corrected chi connectivity index (χ4v) is 2.31. The van der Waals surface area contributed by atoms with E-state index in [4.69, 9.17) is 15.6 Å². The van der Waals surface area contributed by atoms with E-state index in [1.54, 1.807) is 25.3 Å². The van der Waals surface area contributed by atoms with Gasteiger partial charge in [0.05, 0.1) is 11.7 Å². The lowest BCUT2D eigenvalue weighted by molar-refractivity contribution is 0.0698. The molecule has 0 saturated carbocycles. The fourth-order valence-electron chi connectivity index (χ4n) is 2.31. The minimum absolute atomic E-state index is 0.152. The van der Waals surface area contributed by atoms with Gasteiger partial charge in [0, 0.05) is 31.6 Å². The Hall–Kier alpha value is -1.75. The minimum atomic E-state index is -0.993. The van der Waals surface area contributed by atoms with Crippen molar-refractivity contribution in [3.05, 3.63) is 23.8 Å². The number of hydrogen-bond donors (Lipinski definition) is 2. The first-order valence-corrected chi connectivity index (χ1v) is 6.02. The Morgan fingerprint density at radius 2 is 2.33 bits per heavy atom. The van der Waals surface area contributed by atoms with E-state index >= 15 is 0 Å². The molecule has 0 amide bonds. The Morgan fingerprint density at radius 3 is 2.94 bits per heavy atom. The van der Waals surface area contributed by atoms with E-state index in [-0.39, 0.29) is 11.7 Å². The maximum Gasteiger partial charge on any atom is 0.337 e. The molecule has 0 spiro atoms. The highest BCUT2D eigenvalue weighted by Crippen LogP contribution is 2.25. The first-order valence-electron chi connectivity index (χ1n) is 6.02. The van der Waals surface area contributed by atoms with E-state index in [0.29, 0.717) is 5.69 Å². The molecule has 5 nitrogen and oxygen atoms in total. The van der Waals surface area contributed by atoms with Crippen LogP contribution in [0.2, 0.25) is 0 Å². The molecule has 5 heteroatoms. The number of ether oxygens (including phenoxy) is 1. The Kier molecular flexibility index (Phi) is 3.72. The second-order valence-electron chi connectivity index (χ2n) is 4.52. The summed E-state index contributed by atoms with van der Waals surface area (Å²) in [5, 5.41) is 8.93. The lowest BCUT2D eigenvalue weighted by atomic mass is 10.1. The predicted octanol–water partition coefficient (Wildman–Crippen LogP) is 1.58. The van der Waals surface area contributed by atoms with Crippen LogP contribution < -0.4 is 10.6 Å². The molecule has 0 bridgehead atoms. The van der Waals surface area contributed by atoms with E-state index in [2.05, 4.69) is 4.90 Å². The van der Waals surface area contributed by atoms with E-state index in [0.717, 1.165) is 31.6 Å². The third kappa shape index (κ3) is 2.56. The number of rotatable bonds is 3. The molecule has 1 saturated heterocycles. The van der Waals surface area contributed by atoms with Gasteiger partial charge in [0.25, 0.3) is 0 Å². The molecule has 1 aliphatic rings. The van der Waals surface area contributed by atoms with Crippen LogP contribution in [0.4, 0.5) is 11.4 Å². The number of nitrogens with zero attached hydrogens (tertiary/aromatic N) is 1. The Morgan fingerprint density at radius 1 is 1.56 bits per heavy atom. The second kappa shape index (κ2) is 5.27. The minimum Gasteiger partial charge on any atom is -0.478 e. The van der Waals surface area contributed by atoms with Crippen LogP contribution in [0.25, 0.3) is 0 Å². The first-order chi connectivity index (χ1) is 8.61. The Balaban J connectivity index is 2.18. The van der Waals surface area contributed by atoms with Gasteiger partial charge in [-0.3, -0.25) is 0 Å². The van der Waals surface area contributed by atoms with E-state index in [1.165, 1.54) is 0 Å². The number of carboxylic acids is 1. The quantitative estimate of drug-likeness (QED) is 0.797. The van der Waals surface area contributed by atoms with Gasteiger partial charge >= 0.3 is 5.97 Å². The fraction of sp³-hybridized carbons (Fsp3) is 0.462. The zero-order valence-corrected chi connectivity index (χ0v) is 10.4.